The van der Waals surface area contributed by atoms with Crippen molar-refractivity contribution in [2.75, 3.05) is 13.1 Å². The van der Waals surface area contributed by atoms with Crippen LogP contribution in [0.25, 0.3) is 0 Å². The lowest BCUT2D eigenvalue weighted by Gasteiger charge is -2.31. The van der Waals surface area contributed by atoms with Gasteiger partial charge >= 0.3 is 0 Å². The minimum Gasteiger partial charge on any atom is -0.393 e. The molecule has 0 amide bonds. The maximum absolute atomic E-state index is 12.6. The number of hydrogen-bond acceptors (Lipinski definition) is 3. The normalized spacial score (nSPS) is 15.9. The van der Waals surface area contributed by atoms with E-state index in [1.54, 1.807) is 28.6 Å². The largest absolute Gasteiger partial charge is 0.393 e. The molecule has 0 aliphatic heterocycles. The Hall–Kier alpha value is -0.980. The predicted octanol–water partition coefficient (Wildman–Crippen LogP) is 2.33. The molecule has 0 unspecified atom stereocenters. The zero-order valence-corrected chi connectivity index (χ0v) is 13.9. The predicted molar refractivity (Wildman–Crippen MR) is 88.7 cm³/mol. The lowest BCUT2D eigenvalue weighted by molar-refractivity contribution is 0.250. The Morgan fingerprint density at radius 2 is 1.95 bits per heavy atom. The molecule has 1 saturated carbocycles. The topological polar surface area (TPSA) is 63.4 Å². The minimum atomic E-state index is -3.40. The van der Waals surface area contributed by atoms with Crippen LogP contribution >= 0.6 is 12.2 Å². The second-order valence-corrected chi connectivity index (χ2v) is 8.00. The smallest absolute Gasteiger partial charge is 0.243 e. The summed E-state index contributed by atoms with van der Waals surface area (Å²) in [5, 5.41) is 0. The van der Waals surface area contributed by atoms with Crippen molar-refractivity contribution < 1.29 is 8.42 Å². The average molecular weight is 326 g/mol. The Labute approximate surface area is 132 Å². The van der Waals surface area contributed by atoms with Gasteiger partial charge in [-0.15, -0.1) is 0 Å². The molecule has 1 aromatic rings. The van der Waals surface area contributed by atoms with Gasteiger partial charge in [-0.2, -0.15) is 4.31 Å². The summed E-state index contributed by atoms with van der Waals surface area (Å²) in [4.78, 5) is 0.751. The van der Waals surface area contributed by atoms with E-state index < -0.39 is 10.0 Å². The van der Waals surface area contributed by atoms with E-state index in [0.29, 0.717) is 35.3 Å². The summed E-state index contributed by atoms with van der Waals surface area (Å²) in [6.07, 6.45) is 3.99. The van der Waals surface area contributed by atoms with Gasteiger partial charge in [0.15, 0.2) is 0 Å². The molecule has 0 saturated heterocycles. The van der Waals surface area contributed by atoms with Crippen molar-refractivity contribution in [1.29, 1.82) is 0 Å². The number of nitrogens with two attached hydrogens (primary N) is 1. The molecule has 1 fully saturated rings. The molecule has 2 rings (SSSR count). The monoisotopic (exact) mass is 326 g/mol. The van der Waals surface area contributed by atoms with Crippen LogP contribution in [0.2, 0.25) is 0 Å². The quantitative estimate of drug-likeness (QED) is 0.781. The van der Waals surface area contributed by atoms with Crippen molar-refractivity contribution in [2.45, 2.75) is 37.5 Å². The Kier molecular flexibility index (Phi) is 5.35. The standard InChI is InChI=1S/C15H22N2O2S2/c1-2-17(11-13-4-3-5-13)21(18,19)14-8-6-12(7-9-14)10-15(16)20/h6-9,13H,2-5,10-11H2,1H3,(H2,16,20). The number of benzene rings is 1. The van der Waals surface area contributed by atoms with Crippen molar-refractivity contribution >= 4 is 27.2 Å². The van der Waals surface area contributed by atoms with E-state index >= 15 is 0 Å². The van der Waals surface area contributed by atoms with E-state index in [1.165, 1.54) is 6.42 Å². The van der Waals surface area contributed by atoms with Gasteiger partial charge in [0.2, 0.25) is 10.0 Å². The van der Waals surface area contributed by atoms with Crippen LogP contribution in [0.1, 0.15) is 31.7 Å². The Bertz CT molecular complexity index is 593. The fourth-order valence-corrected chi connectivity index (χ4v) is 4.18. The molecule has 0 radical (unpaired) electrons. The molecule has 0 spiro atoms. The van der Waals surface area contributed by atoms with Gasteiger partial charge in [-0.1, -0.05) is 37.7 Å². The van der Waals surface area contributed by atoms with Gasteiger partial charge < -0.3 is 5.73 Å². The number of sulfonamides is 1. The second kappa shape index (κ2) is 6.85. The first-order valence-electron chi connectivity index (χ1n) is 7.31. The third-order valence-corrected chi connectivity index (χ3v) is 6.08. The highest BCUT2D eigenvalue weighted by atomic mass is 32.2. The molecule has 0 heterocycles. The molecule has 0 bridgehead atoms. The molecular formula is C15H22N2O2S2. The summed E-state index contributed by atoms with van der Waals surface area (Å²) in [6, 6.07) is 6.85. The molecule has 6 heteroatoms. The summed E-state index contributed by atoms with van der Waals surface area (Å²) in [5.74, 6) is 0.522. The van der Waals surface area contributed by atoms with E-state index in [4.69, 9.17) is 18.0 Å². The van der Waals surface area contributed by atoms with Crippen LogP contribution in [0.5, 0.6) is 0 Å². The summed E-state index contributed by atoms with van der Waals surface area (Å²) < 4.78 is 26.9. The third-order valence-electron chi connectivity index (χ3n) is 3.98. The zero-order chi connectivity index (χ0) is 15.5. The molecule has 21 heavy (non-hydrogen) atoms. The Morgan fingerprint density at radius 3 is 2.38 bits per heavy atom. The van der Waals surface area contributed by atoms with Gasteiger partial charge in [-0.3, -0.25) is 0 Å². The maximum Gasteiger partial charge on any atom is 0.243 e. The number of nitrogens with zero attached hydrogens (tertiary/aromatic N) is 1. The van der Waals surface area contributed by atoms with Crippen LogP contribution in [0.3, 0.4) is 0 Å². The summed E-state index contributed by atoms with van der Waals surface area (Å²) in [7, 11) is -3.40. The summed E-state index contributed by atoms with van der Waals surface area (Å²) >= 11 is 4.86. The van der Waals surface area contributed by atoms with Crippen LogP contribution in [-0.4, -0.2) is 30.8 Å². The lowest BCUT2D eigenvalue weighted by Crippen LogP contribution is -2.37. The van der Waals surface area contributed by atoms with Gasteiger partial charge in [-0.05, 0) is 36.5 Å². The first-order valence-corrected chi connectivity index (χ1v) is 9.15. The molecule has 4 nitrogen and oxygen atoms in total. The van der Waals surface area contributed by atoms with Crippen LogP contribution in [0.15, 0.2) is 29.2 Å². The van der Waals surface area contributed by atoms with Gasteiger partial charge in [0.05, 0.1) is 9.88 Å². The highest BCUT2D eigenvalue weighted by Crippen LogP contribution is 2.29. The van der Waals surface area contributed by atoms with E-state index in [9.17, 15) is 8.42 Å². The van der Waals surface area contributed by atoms with Crippen molar-refractivity contribution in [3.8, 4) is 0 Å². The van der Waals surface area contributed by atoms with Crippen molar-refractivity contribution in [2.24, 2.45) is 11.7 Å². The maximum atomic E-state index is 12.6. The first kappa shape index (κ1) is 16.4. The van der Waals surface area contributed by atoms with Crippen LogP contribution in [0.4, 0.5) is 0 Å². The Morgan fingerprint density at radius 1 is 1.33 bits per heavy atom. The molecule has 0 atom stereocenters. The molecular weight excluding hydrogens is 304 g/mol. The second-order valence-electron chi connectivity index (χ2n) is 5.54. The summed E-state index contributed by atoms with van der Waals surface area (Å²) in [6.45, 7) is 3.03. The number of thiocarbonyl (C=S) groups is 1. The van der Waals surface area contributed by atoms with Crippen molar-refractivity contribution in [1.82, 2.24) is 4.31 Å². The van der Waals surface area contributed by atoms with Gasteiger partial charge in [0, 0.05) is 19.5 Å². The van der Waals surface area contributed by atoms with E-state index in [1.807, 2.05) is 6.92 Å². The summed E-state index contributed by atoms with van der Waals surface area (Å²) in [5.41, 5.74) is 6.43. The van der Waals surface area contributed by atoms with E-state index in [2.05, 4.69) is 0 Å². The van der Waals surface area contributed by atoms with Gasteiger partial charge in [0.1, 0.15) is 0 Å². The van der Waals surface area contributed by atoms with Crippen molar-refractivity contribution in [3.63, 3.8) is 0 Å². The minimum absolute atomic E-state index is 0.343. The fraction of sp³-hybridized carbons (Fsp3) is 0.533. The molecule has 2 N–H and O–H groups in total. The molecule has 1 aromatic carbocycles. The van der Waals surface area contributed by atoms with E-state index in [0.717, 1.165) is 18.4 Å². The van der Waals surface area contributed by atoms with E-state index in [-0.39, 0.29) is 0 Å². The average Bonchev–Trinajstić information content (AvgIpc) is 2.37. The molecule has 116 valence electrons. The van der Waals surface area contributed by atoms with Crippen LogP contribution in [0, 0.1) is 5.92 Å². The molecule has 1 aliphatic rings. The van der Waals surface area contributed by atoms with Crippen LogP contribution in [-0.2, 0) is 16.4 Å². The highest BCUT2D eigenvalue weighted by molar-refractivity contribution is 7.89. The first-order chi connectivity index (χ1) is 9.93. The van der Waals surface area contributed by atoms with Gasteiger partial charge in [0.25, 0.3) is 0 Å². The SMILES string of the molecule is CCN(CC1CCC1)S(=O)(=O)c1ccc(CC(N)=S)cc1. The number of rotatable bonds is 7. The van der Waals surface area contributed by atoms with Crippen LogP contribution < -0.4 is 5.73 Å². The Balaban J connectivity index is 2.14. The van der Waals surface area contributed by atoms with Gasteiger partial charge in [-0.25, -0.2) is 8.42 Å². The number of hydrogen-bond donors (Lipinski definition) is 1. The lowest BCUT2D eigenvalue weighted by atomic mass is 9.85. The zero-order valence-electron chi connectivity index (χ0n) is 12.3. The third kappa shape index (κ3) is 4.02. The van der Waals surface area contributed by atoms with Crippen molar-refractivity contribution in [3.05, 3.63) is 29.8 Å². The fourth-order valence-electron chi connectivity index (χ4n) is 2.49. The molecule has 1 aliphatic carbocycles. The molecule has 0 aromatic heterocycles. The highest BCUT2D eigenvalue weighted by Gasteiger charge is 2.28.